The van der Waals surface area contributed by atoms with Crippen molar-refractivity contribution in [1.29, 1.82) is 0 Å². The van der Waals surface area contributed by atoms with Gasteiger partial charge in [-0.2, -0.15) is 10.1 Å². The van der Waals surface area contributed by atoms with E-state index in [1.54, 1.807) is 6.92 Å². The van der Waals surface area contributed by atoms with Gasteiger partial charge in [-0.05, 0) is 38.7 Å². The second-order valence-corrected chi connectivity index (χ2v) is 9.21. The minimum Gasteiger partial charge on any atom is -0.379 e. The van der Waals surface area contributed by atoms with Crippen molar-refractivity contribution in [2.24, 2.45) is 13.0 Å². The molecule has 0 aliphatic carbocycles. The van der Waals surface area contributed by atoms with Crippen LogP contribution < -0.4 is 0 Å². The first kappa shape index (κ1) is 21.1. The molecule has 4 heterocycles. The predicted molar refractivity (Wildman–Crippen MR) is 119 cm³/mol. The number of aliphatic hydroxyl groups excluding tert-OH is 1. The molecular formula is C23H30N6O3. The van der Waals surface area contributed by atoms with Gasteiger partial charge in [-0.1, -0.05) is 17.3 Å². The maximum atomic E-state index is 12.6. The third-order valence-electron chi connectivity index (χ3n) is 6.91. The number of carbonyl (C=O) groups excluding carboxylic acids is 1. The van der Waals surface area contributed by atoms with Crippen LogP contribution >= 0.6 is 0 Å². The average Bonchev–Trinajstić information content (AvgIpc) is 3.35. The number of aromatic nitrogens is 4. The molecule has 0 spiro atoms. The van der Waals surface area contributed by atoms with Crippen LogP contribution in [0.15, 0.2) is 22.7 Å². The Labute approximate surface area is 187 Å². The van der Waals surface area contributed by atoms with Crippen LogP contribution in [0, 0.1) is 12.8 Å². The summed E-state index contributed by atoms with van der Waals surface area (Å²) in [6.07, 6.45) is 1.80. The summed E-state index contributed by atoms with van der Waals surface area (Å²) in [7, 11) is 1.93. The van der Waals surface area contributed by atoms with Crippen molar-refractivity contribution in [3.8, 4) is 11.4 Å². The SMILES string of the molecule is Cc1nn(C)c2cc(-c3noc(C4CCN(C(=O)CC5CN(C(C)O)C5)CC4)n3)ccc12. The van der Waals surface area contributed by atoms with Gasteiger partial charge in [0.2, 0.25) is 17.6 Å². The van der Waals surface area contributed by atoms with E-state index < -0.39 is 6.23 Å². The highest BCUT2D eigenvalue weighted by molar-refractivity contribution is 5.85. The highest BCUT2D eigenvalue weighted by Gasteiger charge is 2.34. The van der Waals surface area contributed by atoms with Gasteiger partial charge in [0.25, 0.3) is 0 Å². The lowest BCUT2D eigenvalue weighted by atomic mass is 9.93. The van der Waals surface area contributed by atoms with Gasteiger partial charge < -0.3 is 14.5 Å². The van der Waals surface area contributed by atoms with Gasteiger partial charge in [-0.25, -0.2) is 0 Å². The van der Waals surface area contributed by atoms with Crippen molar-refractivity contribution in [3.05, 3.63) is 29.8 Å². The van der Waals surface area contributed by atoms with E-state index in [2.05, 4.69) is 21.3 Å². The van der Waals surface area contributed by atoms with Gasteiger partial charge in [-0.3, -0.25) is 14.4 Å². The van der Waals surface area contributed by atoms with Crippen molar-refractivity contribution in [2.75, 3.05) is 26.2 Å². The molecule has 32 heavy (non-hydrogen) atoms. The third-order valence-corrected chi connectivity index (χ3v) is 6.91. The summed E-state index contributed by atoms with van der Waals surface area (Å²) in [6, 6.07) is 6.10. The van der Waals surface area contributed by atoms with E-state index in [0.29, 0.717) is 37.1 Å². The third kappa shape index (κ3) is 3.91. The van der Waals surface area contributed by atoms with Crippen molar-refractivity contribution in [3.63, 3.8) is 0 Å². The second-order valence-electron chi connectivity index (χ2n) is 9.21. The summed E-state index contributed by atoms with van der Waals surface area (Å²) in [5.74, 6) is 1.99. The Balaban J connectivity index is 1.18. The predicted octanol–water partition coefficient (Wildman–Crippen LogP) is 2.30. The summed E-state index contributed by atoms with van der Waals surface area (Å²) in [5.41, 5.74) is 2.96. The van der Waals surface area contributed by atoms with Gasteiger partial charge in [0, 0.05) is 56.5 Å². The van der Waals surface area contributed by atoms with Crippen LogP contribution in [0.3, 0.4) is 0 Å². The first-order valence-corrected chi connectivity index (χ1v) is 11.4. The lowest BCUT2D eigenvalue weighted by Crippen LogP contribution is -2.52. The molecule has 1 aromatic carbocycles. The minimum atomic E-state index is -0.424. The summed E-state index contributed by atoms with van der Waals surface area (Å²) in [4.78, 5) is 21.2. The number of aliphatic hydroxyl groups is 1. The number of piperidine rings is 1. The summed E-state index contributed by atoms with van der Waals surface area (Å²) in [6.45, 7) is 6.80. The maximum Gasteiger partial charge on any atom is 0.230 e. The molecule has 5 rings (SSSR count). The molecule has 3 aromatic rings. The summed E-state index contributed by atoms with van der Waals surface area (Å²) in [5, 5.41) is 19.4. The topological polar surface area (TPSA) is 101 Å². The molecule has 2 aliphatic rings. The number of fused-ring (bicyclic) bond motifs is 1. The Morgan fingerprint density at radius 1 is 1.28 bits per heavy atom. The molecule has 2 fully saturated rings. The standard InChI is InChI=1S/C23H30N6O3/c1-14-19-5-4-18(11-20(19)27(3)25-14)22-24-23(32-26-22)17-6-8-28(9-7-17)21(31)10-16-12-29(13-16)15(2)30/h4-5,11,15-17,30H,6-10,12-13H2,1-3H3. The van der Waals surface area contributed by atoms with E-state index in [1.165, 1.54) is 0 Å². The number of benzene rings is 1. The molecule has 2 aliphatic heterocycles. The first-order chi connectivity index (χ1) is 15.4. The molecule has 170 valence electrons. The normalized spacial score (nSPS) is 19.4. The number of aryl methyl sites for hydroxylation is 2. The first-order valence-electron chi connectivity index (χ1n) is 11.4. The van der Waals surface area contributed by atoms with E-state index in [0.717, 1.165) is 48.1 Å². The fraction of sp³-hybridized carbons (Fsp3) is 0.565. The summed E-state index contributed by atoms with van der Waals surface area (Å²) < 4.78 is 7.48. The van der Waals surface area contributed by atoms with Crippen LogP contribution in [0.5, 0.6) is 0 Å². The molecule has 1 unspecified atom stereocenters. The lowest BCUT2D eigenvalue weighted by molar-refractivity contribution is -0.136. The molecule has 0 bridgehead atoms. The van der Waals surface area contributed by atoms with Crippen molar-refractivity contribution in [2.45, 2.75) is 45.3 Å². The number of nitrogens with zero attached hydrogens (tertiary/aromatic N) is 6. The minimum absolute atomic E-state index is 0.178. The highest BCUT2D eigenvalue weighted by Crippen LogP contribution is 2.31. The summed E-state index contributed by atoms with van der Waals surface area (Å²) >= 11 is 0. The van der Waals surface area contributed by atoms with Crippen LogP contribution in [0.1, 0.15) is 43.7 Å². The van der Waals surface area contributed by atoms with E-state index in [1.807, 2.05) is 40.6 Å². The van der Waals surface area contributed by atoms with Crippen LogP contribution in [0.2, 0.25) is 0 Å². The number of hydrogen-bond donors (Lipinski definition) is 1. The molecular weight excluding hydrogens is 408 g/mol. The van der Waals surface area contributed by atoms with Crippen LogP contribution in [-0.4, -0.2) is 73.1 Å². The number of amides is 1. The number of likely N-dealkylation sites (tertiary alicyclic amines) is 2. The van der Waals surface area contributed by atoms with Crippen LogP contribution in [0.25, 0.3) is 22.3 Å². The van der Waals surface area contributed by atoms with Crippen molar-refractivity contribution in [1.82, 2.24) is 29.7 Å². The van der Waals surface area contributed by atoms with Gasteiger partial charge in [0.15, 0.2) is 0 Å². The van der Waals surface area contributed by atoms with E-state index >= 15 is 0 Å². The van der Waals surface area contributed by atoms with E-state index in [9.17, 15) is 9.90 Å². The molecule has 2 aromatic heterocycles. The van der Waals surface area contributed by atoms with Gasteiger partial charge in [0.1, 0.15) is 6.23 Å². The fourth-order valence-electron chi connectivity index (χ4n) is 4.89. The number of carbonyl (C=O) groups is 1. The maximum absolute atomic E-state index is 12.6. The van der Waals surface area contributed by atoms with Gasteiger partial charge in [-0.15, -0.1) is 0 Å². The molecule has 1 atom stereocenters. The highest BCUT2D eigenvalue weighted by atomic mass is 16.5. The quantitative estimate of drug-likeness (QED) is 0.652. The Morgan fingerprint density at radius 2 is 2.03 bits per heavy atom. The molecule has 9 nitrogen and oxygen atoms in total. The molecule has 0 saturated carbocycles. The Bertz CT molecular complexity index is 1120. The smallest absolute Gasteiger partial charge is 0.230 e. The largest absolute Gasteiger partial charge is 0.379 e. The Morgan fingerprint density at radius 3 is 2.75 bits per heavy atom. The zero-order chi connectivity index (χ0) is 22.4. The molecule has 1 N–H and O–H groups in total. The Hall–Kier alpha value is -2.78. The van der Waals surface area contributed by atoms with Gasteiger partial charge in [0.05, 0.1) is 11.2 Å². The zero-order valence-corrected chi connectivity index (χ0v) is 18.9. The van der Waals surface area contributed by atoms with Crippen LogP contribution in [0.4, 0.5) is 0 Å². The van der Waals surface area contributed by atoms with Crippen molar-refractivity contribution < 1.29 is 14.4 Å². The molecule has 2 saturated heterocycles. The van der Waals surface area contributed by atoms with Crippen LogP contribution in [-0.2, 0) is 11.8 Å². The Kier molecular flexibility index (Phi) is 5.46. The number of rotatable bonds is 5. The van der Waals surface area contributed by atoms with Gasteiger partial charge >= 0.3 is 0 Å². The average molecular weight is 439 g/mol. The molecule has 0 radical (unpaired) electrons. The second kappa shape index (κ2) is 8.29. The van der Waals surface area contributed by atoms with E-state index in [4.69, 9.17) is 4.52 Å². The van der Waals surface area contributed by atoms with E-state index in [-0.39, 0.29) is 11.8 Å². The molecule has 1 amide bonds. The fourth-order valence-corrected chi connectivity index (χ4v) is 4.89. The lowest BCUT2D eigenvalue weighted by Gasteiger charge is -2.41. The zero-order valence-electron chi connectivity index (χ0n) is 18.9. The monoisotopic (exact) mass is 438 g/mol. The number of hydrogen-bond acceptors (Lipinski definition) is 7. The van der Waals surface area contributed by atoms with Crippen molar-refractivity contribution >= 4 is 16.8 Å². The molecule has 9 heteroatoms.